The van der Waals surface area contributed by atoms with E-state index in [1.54, 1.807) is 48.7 Å². The summed E-state index contributed by atoms with van der Waals surface area (Å²) in [4.78, 5) is 28.0. The molecule has 0 aliphatic rings. The topological polar surface area (TPSA) is 79.3 Å². The Morgan fingerprint density at radius 3 is 2.86 bits per heavy atom. The van der Waals surface area contributed by atoms with Gasteiger partial charge in [0.25, 0.3) is 5.91 Å². The van der Waals surface area contributed by atoms with E-state index in [2.05, 4.69) is 10.3 Å². The number of hydrogen-bond acceptors (Lipinski definition) is 5. The maximum atomic E-state index is 12.3. The minimum Gasteiger partial charge on any atom is -0.480 e. The third kappa shape index (κ3) is 4.57. The van der Waals surface area contributed by atoms with Gasteiger partial charge in [0.1, 0.15) is 5.25 Å². The van der Waals surface area contributed by atoms with Crippen molar-refractivity contribution in [3.05, 3.63) is 46.4 Å². The number of carbonyl (C=O) groups is 2. The van der Waals surface area contributed by atoms with Crippen LogP contribution in [0.4, 0.5) is 0 Å². The third-order valence-electron chi connectivity index (χ3n) is 2.89. The molecule has 0 radical (unpaired) electrons. The summed E-state index contributed by atoms with van der Waals surface area (Å²) < 4.78 is 0. The van der Waals surface area contributed by atoms with E-state index in [0.29, 0.717) is 23.4 Å². The molecule has 1 unspecified atom stereocenters. The SMILES string of the molecule is CC(Sc1ccccc1C(=O)NCCc1nccs1)C(=O)O. The highest BCUT2D eigenvalue weighted by atomic mass is 32.2. The van der Waals surface area contributed by atoms with Crippen molar-refractivity contribution in [3.63, 3.8) is 0 Å². The summed E-state index contributed by atoms with van der Waals surface area (Å²) >= 11 is 2.72. The number of aromatic nitrogens is 1. The van der Waals surface area contributed by atoms with Crippen LogP contribution in [0.25, 0.3) is 0 Å². The van der Waals surface area contributed by atoms with Gasteiger partial charge in [-0.2, -0.15) is 0 Å². The molecule has 5 nitrogen and oxygen atoms in total. The summed E-state index contributed by atoms with van der Waals surface area (Å²) in [5.74, 6) is -1.10. The molecule has 1 amide bonds. The van der Waals surface area contributed by atoms with Gasteiger partial charge in [-0.1, -0.05) is 12.1 Å². The smallest absolute Gasteiger partial charge is 0.316 e. The summed E-state index contributed by atoms with van der Waals surface area (Å²) in [5, 5.41) is 14.1. The third-order valence-corrected chi connectivity index (χ3v) is 4.90. The van der Waals surface area contributed by atoms with Crippen LogP contribution in [0.5, 0.6) is 0 Å². The Hall–Kier alpha value is -1.86. The molecule has 22 heavy (non-hydrogen) atoms. The number of amides is 1. The first-order valence-corrected chi connectivity index (χ1v) is 8.49. The van der Waals surface area contributed by atoms with Crippen LogP contribution < -0.4 is 5.32 Å². The molecule has 0 bridgehead atoms. The van der Waals surface area contributed by atoms with Gasteiger partial charge in [0.2, 0.25) is 0 Å². The standard InChI is InChI=1S/C15H16N2O3S2/c1-10(15(19)20)22-12-5-3-2-4-11(12)14(18)17-7-6-13-16-8-9-21-13/h2-5,8-10H,6-7H2,1H3,(H,17,18)(H,19,20). The van der Waals surface area contributed by atoms with E-state index in [1.807, 2.05) is 5.38 Å². The number of hydrogen-bond donors (Lipinski definition) is 2. The van der Waals surface area contributed by atoms with Crippen molar-refractivity contribution >= 4 is 35.0 Å². The lowest BCUT2D eigenvalue weighted by molar-refractivity contribution is -0.136. The van der Waals surface area contributed by atoms with Crippen LogP contribution in [0.2, 0.25) is 0 Å². The Balaban J connectivity index is 1.98. The van der Waals surface area contributed by atoms with Crippen molar-refractivity contribution < 1.29 is 14.7 Å². The van der Waals surface area contributed by atoms with Crippen molar-refractivity contribution in [3.8, 4) is 0 Å². The molecule has 1 heterocycles. The number of thioether (sulfide) groups is 1. The van der Waals surface area contributed by atoms with Gasteiger partial charge in [0.15, 0.2) is 0 Å². The first-order valence-electron chi connectivity index (χ1n) is 6.73. The van der Waals surface area contributed by atoms with E-state index < -0.39 is 11.2 Å². The van der Waals surface area contributed by atoms with Crippen LogP contribution in [0, 0.1) is 0 Å². The predicted molar refractivity (Wildman–Crippen MR) is 87.5 cm³/mol. The van der Waals surface area contributed by atoms with E-state index in [-0.39, 0.29) is 5.91 Å². The molecule has 116 valence electrons. The molecule has 1 aromatic carbocycles. The van der Waals surface area contributed by atoms with Crippen molar-refractivity contribution in [2.75, 3.05) is 6.54 Å². The van der Waals surface area contributed by atoms with Gasteiger partial charge in [0, 0.05) is 29.4 Å². The molecule has 2 N–H and O–H groups in total. The monoisotopic (exact) mass is 336 g/mol. The maximum Gasteiger partial charge on any atom is 0.316 e. The average molecular weight is 336 g/mol. The lowest BCUT2D eigenvalue weighted by atomic mass is 10.2. The highest BCUT2D eigenvalue weighted by molar-refractivity contribution is 8.00. The highest BCUT2D eigenvalue weighted by Gasteiger charge is 2.17. The minimum absolute atomic E-state index is 0.197. The zero-order chi connectivity index (χ0) is 15.9. The average Bonchev–Trinajstić information content (AvgIpc) is 3.00. The van der Waals surface area contributed by atoms with Gasteiger partial charge < -0.3 is 10.4 Å². The molecule has 1 aromatic heterocycles. The summed E-state index contributed by atoms with van der Waals surface area (Å²) in [5.41, 5.74) is 0.500. The zero-order valence-electron chi connectivity index (χ0n) is 12.0. The van der Waals surface area contributed by atoms with Crippen molar-refractivity contribution in [1.29, 1.82) is 0 Å². The number of aliphatic carboxylic acids is 1. The van der Waals surface area contributed by atoms with Crippen LogP contribution in [0.15, 0.2) is 40.7 Å². The number of carboxylic acids is 1. The van der Waals surface area contributed by atoms with Gasteiger partial charge >= 0.3 is 5.97 Å². The Labute approximate surface area is 136 Å². The number of thiazole rings is 1. The van der Waals surface area contributed by atoms with Gasteiger partial charge in [0.05, 0.1) is 10.6 Å². The molecule has 0 saturated heterocycles. The van der Waals surface area contributed by atoms with Crippen molar-refractivity contribution in [1.82, 2.24) is 10.3 Å². The fraction of sp³-hybridized carbons (Fsp3) is 0.267. The molecule has 7 heteroatoms. The van der Waals surface area contributed by atoms with E-state index in [9.17, 15) is 9.59 Å². The normalized spacial score (nSPS) is 11.9. The Bertz CT molecular complexity index is 644. The van der Waals surface area contributed by atoms with Gasteiger partial charge in [-0.05, 0) is 19.1 Å². The molecular formula is C15H16N2O3S2. The fourth-order valence-corrected chi connectivity index (χ4v) is 3.30. The number of rotatable bonds is 7. The zero-order valence-corrected chi connectivity index (χ0v) is 13.6. The quantitative estimate of drug-likeness (QED) is 0.760. The van der Waals surface area contributed by atoms with Crippen LogP contribution in [-0.2, 0) is 11.2 Å². The fourth-order valence-electron chi connectivity index (χ4n) is 1.75. The molecule has 0 spiro atoms. The van der Waals surface area contributed by atoms with Crippen LogP contribution in [0.3, 0.4) is 0 Å². The molecule has 0 aliphatic heterocycles. The summed E-state index contributed by atoms with van der Waals surface area (Å²) in [6.45, 7) is 2.10. The molecule has 1 atom stereocenters. The number of nitrogens with zero attached hydrogens (tertiary/aromatic N) is 1. The van der Waals surface area contributed by atoms with E-state index in [0.717, 1.165) is 5.01 Å². The second kappa shape index (κ2) is 7.95. The van der Waals surface area contributed by atoms with Crippen LogP contribution >= 0.6 is 23.1 Å². The van der Waals surface area contributed by atoms with Crippen LogP contribution in [0.1, 0.15) is 22.3 Å². The second-order valence-electron chi connectivity index (χ2n) is 4.53. The number of carboxylic acid groups (broad SMARTS) is 1. The molecular weight excluding hydrogens is 320 g/mol. The van der Waals surface area contributed by atoms with E-state index in [1.165, 1.54) is 11.8 Å². The largest absolute Gasteiger partial charge is 0.480 e. The molecule has 0 saturated carbocycles. The van der Waals surface area contributed by atoms with E-state index >= 15 is 0 Å². The van der Waals surface area contributed by atoms with Crippen molar-refractivity contribution in [2.24, 2.45) is 0 Å². The summed E-state index contributed by atoms with van der Waals surface area (Å²) in [6, 6.07) is 7.03. The van der Waals surface area contributed by atoms with Gasteiger partial charge in [-0.3, -0.25) is 9.59 Å². The first kappa shape index (κ1) is 16.5. The molecule has 0 fully saturated rings. The Morgan fingerprint density at radius 1 is 1.41 bits per heavy atom. The minimum atomic E-state index is -0.899. The molecule has 2 rings (SSSR count). The van der Waals surface area contributed by atoms with Gasteiger partial charge in [-0.15, -0.1) is 23.1 Å². The summed E-state index contributed by atoms with van der Waals surface area (Å²) in [7, 11) is 0. The second-order valence-corrected chi connectivity index (χ2v) is 6.89. The molecule has 2 aromatic rings. The summed E-state index contributed by atoms with van der Waals surface area (Å²) in [6.07, 6.45) is 2.42. The maximum absolute atomic E-state index is 12.3. The number of benzene rings is 1. The Kier molecular flexibility index (Phi) is 5.97. The lowest BCUT2D eigenvalue weighted by Gasteiger charge is -2.11. The Morgan fingerprint density at radius 2 is 2.18 bits per heavy atom. The first-order chi connectivity index (χ1) is 10.6. The number of carbonyl (C=O) groups excluding carboxylic acids is 1. The predicted octanol–water partition coefficient (Wildman–Crippen LogP) is 2.68. The van der Waals surface area contributed by atoms with Gasteiger partial charge in [-0.25, -0.2) is 4.98 Å². The van der Waals surface area contributed by atoms with E-state index in [4.69, 9.17) is 5.11 Å². The number of nitrogens with one attached hydrogen (secondary N) is 1. The molecule has 0 aliphatic carbocycles. The highest BCUT2D eigenvalue weighted by Crippen LogP contribution is 2.26. The lowest BCUT2D eigenvalue weighted by Crippen LogP contribution is -2.26. The van der Waals surface area contributed by atoms with Crippen LogP contribution in [-0.4, -0.2) is 33.8 Å². The van der Waals surface area contributed by atoms with Crippen molar-refractivity contribution in [2.45, 2.75) is 23.5 Å².